The molecular formula is C25H27N3O3. The Labute approximate surface area is 181 Å². The van der Waals surface area contributed by atoms with Gasteiger partial charge in [-0.05, 0) is 49.4 Å². The standard InChI is InChI=1S/C25H27N3O3/c1-17-5-4-6-18(15-17)11-12-26-25(31)20-9-7-19(8-10-20)16-27-21-22(24(30)23(21)29)28-13-2-3-14-28/h4-10,15,27H,2-3,11-14,16H2,1H3,(H,26,31). The quantitative estimate of drug-likeness (QED) is 0.551. The van der Waals surface area contributed by atoms with Gasteiger partial charge in [0.1, 0.15) is 11.4 Å². The van der Waals surface area contributed by atoms with Crippen molar-refractivity contribution in [1.82, 2.24) is 5.32 Å². The fraction of sp³-hybridized carbons (Fsp3) is 0.320. The normalized spacial score (nSPS) is 13.5. The van der Waals surface area contributed by atoms with Crippen molar-refractivity contribution in [2.24, 2.45) is 0 Å². The van der Waals surface area contributed by atoms with Crippen molar-refractivity contribution >= 4 is 17.3 Å². The molecule has 1 fully saturated rings. The third-order valence-electron chi connectivity index (χ3n) is 5.77. The lowest BCUT2D eigenvalue weighted by molar-refractivity contribution is 0.0954. The van der Waals surface area contributed by atoms with E-state index in [1.54, 1.807) is 12.1 Å². The zero-order valence-corrected chi connectivity index (χ0v) is 17.7. The van der Waals surface area contributed by atoms with Crippen molar-refractivity contribution in [1.29, 1.82) is 0 Å². The molecule has 4 rings (SSSR count). The van der Waals surface area contributed by atoms with E-state index in [2.05, 4.69) is 35.8 Å². The first-order valence-electron chi connectivity index (χ1n) is 10.8. The highest BCUT2D eigenvalue weighted by Gasteiger charge is 2.27. The molecule has 1 saturated heterocycles. The van der Waals surface area contributed by atoms with Gasteiger partial charge in [0.25, 0.3) is 16.8 Å². The van der Waals surface area contributed by atoms with Crippen molar-refractivity contribution < 1.29 is 4.79 Å². The number of carbonyl (C=O) groups is 1. The molecule has 2 N–H and O–H groups in total. The van der Waals surface area contributed by atoms with Crippen molar-refractivity contribution in [3.8, 4) is 0 Å². The summed E-state index contributed by atoms with van der Waals surface area (Å²) in [6, 6.07) is 15.6. The smallest absolute Gasteiger partial charge is 0.253 e. The van der Waals surface area contributed by atoms with Gasteiger partial charge in [0.2, 0.25) is 0 Å². The molecule has 160 valence electrons. The molecule has 6 nitrogen and oxygen atoms in total. The van der Waals surface area contributed by atoms with Crippen LogP contribution in [0.1, 0.15) is 39.9 Å². The molecule has 0 atom stereocenters. The van der Waals surface area contributed by atoms with Gasteiger partial charge in [-0.2, -0.15) is 0 Å². The first-order chi connectivity index (χ1) is 15.0. The fourth-order valence-electron chi connectivity index (χ4n) is 4.04. The Morgan fingerprint density at radius 1 is 0.968 bits per heavy atom. The van der Waals surface area contributed by atoms with E-state index >= 15 is 0 Å². The fourth-order valence-corrected chi connectivity index (χ4v) is 4.04. The SMILES string of the molecule is Cc1cccc(CCNC(=O)c2ccc(CNc3c(N4CCCC4)c(=O)c3=O)cc2)c1. The van der Waals surface area contributed by atoms with Crippen LogP contribution >= 0.6 is 0 Å². The van der Waals surface area contributed by atoms with Gasteiger partial charge < -0.3 is 15.5 Å². The molecule has 0 saturated carbocycles. The molecule has 1 aliphatic rings. The zero-order valence-electron chi connectivity index (χ0n) is 17.7. The second-order valence-corrected chi connectivity index (χ2v) is 8.12. The lowest BCUT2D eigenvalue weighted by atomic mass is 10.1. The number of benzene rings is 2. The van der Waals surface area contributed by atoms with E-state index in [0.29, 0.717) is 30.0 Å². The highest BCUT2D eigenvalue weighted by Crippen LogP contribution is 2.24. The summed E-state index contributed by atoms with van der Waals surface area (Å²) >= 11 is 0. The third kappa shape index (κ3) is 4.68. The highest BCUT2D eigenvalue weighted by atomic mass is 16.2. The molecule has 31 heavy (non-hydrogen) atoms. The van der Waals surface area contributed by atoms with E-state index in [0.717, 1.165) is 37.9 Å². The number of nitrogens with one attached hydrogen (secondary N) is 2. The number of carbonyl (C=O) groups excluding carboxylic acids is 1. The topological polar surface area (TPSA) is 78.5 Å². The number of aryl methyl sites for hydroxylation is 1. The third-order valence-corrected chi connectivity index (χ3v) is 5.77. The molecule has 0 unspecified atom stereocenters. The van der Waals surface area contributed by atoms with Gasteiger partial charge in [-0.3, -0.25) is 14.4 Å². The number of anilines is 2. The van der Waals surface area contributed by atoms with E-state index in [4.69, 9.17) is 0 Å². The average molecular weight is 418 g/mol. The van der Waals surface area contributed by atoms with E-state index in [-0.39, 0.29) is 11.3 Å². The van der Waals surface area contributed by atoms with Crippen molar-refractivity contribution in [2.45, 2.75) is 32.7 Å². The molecule has 0 spiro atoms. The second-order valence-electron chi connectivity index (χ2n) is 8.12. The van der Waals surface area contributed by atoms with Crippen molar-refractivity contribution in [3.05, 3.63) is 91.2 Å². The lowest BCUT2D eigenvalue weighted by Crippen LogP contribution is -2.41. The maximum Gasteiger partial charge on any atom is 0.253 e. The Balaban J connectivity index is 1.29. The largest absolute Gasteiger partial charge is 0.376 e. The summed E-state index contributed by atoms with van der Waals surface area (Å²) in [5, 5.41) is 6.07. The number of nitrogens with zero attached hydrogens (tertiary/aromatic N) is 1. The first-order valence-corrected chi connectivity index (χ1v) is 10.8. The minimum atomic E-state index is -0.438. The summed E-state index contributed by atoms with van der Waals surface area (Å²) in [7, 11) is 0. The maximum absolute atomic E-state index is 12.4. The van der Waals surface area contributed by atoms with E-state index in [1.807, 2.05) is 23.1 Å². The van der Waals surface area contributed by atoms with Gasteiger partial charge in [-0.15, -0.1) is 0 Å². The second kappa shape index (κ2) is 9.16. The molecule has 1 amide bonds. The molecular weight excluding hydrogens is 390 g/mol. The van der Waals surface area contributed by atoms with Crippen LogP contribution in [-0.2, 0) is 13.0 Å². The van der Waals surface area contributed by atoms with Gasteiger partial charge in [0, 0.05) is 31.7 Å². The van der Waals surface area contributed by atoms with Gasteiger partial charge in [0.05, 0.1) is 0 Å². The van der Waals surface area contributed by atoms with Gasteiger partial charge in [-0.25, -0.2) is 0 Å². The number of amides is 1. The molecule has 0 radical (unpaired) electrons. The number of rotatable bonds is 8. The van der Waals surface area contributed by atoms with Crippen LogP contribution in [0.25, 0.3) is 0 Å². The van der Waals surface area contributed by atoms with E-state index in [1.165, 1.54) is 11.1 Å². The maximum atomic E-state index is 12.4. The Morgan fingerprint density at radius 2 is 1.71 bits per heavy atom. The monoisotopic (exact) mass is 417 g/mol. The van der Waals surface area contributed by atoms with E-state index in [9.17, 15) is 14.4 Å². The van der Waals surface area contributed by atoms with E-state index < -0.39 is 5.43 Å². The molecule has 0 aromatic heterocycles. The summed E-state index contributed by atoms with van der Waals surface area (Å²) in [5.74, 6) is -0.106. The summed E-state index contributed by atoms with van der Waals surface area (Å²) < 4.78 is 0. The minimum Gasteiger partial charge on any atom is -0.376 e. The Morgan fingerprint density at radius 3 is 2.42 bits per heavy atom. The van der Waals surface area contributed by atoms with Crippen molar-refractivity contribution in [2.75, 3.05) is 29.9 Å². The minimum absolute atomic E-state index is 0.106. The summed E-state index contributed by atoms with van der Waals surface area (Å²) in [6.45, 7) is 4.72. The summed E-state index contributed by atoms with van der Waals surface area (Å²) in [5.41, 5.74) is 4.08. The lowest BCUT2D eigenvalue weighted by Gasteiger charge is -2.22. The van der Waals surface area contributed by atoms with Gasteiger partial charge in [0.15, 0.2) is 0 Å². The predicted octanol–water partition coefficient (Wildman–Crippen LogP) is 2.78. The predicted molar refractivity (Wildman–Crippen MR) is 124 cm³/mol. The molecule has 3 aromatic carbocycles. The molecule has 3 aromatic rings. The van der Waals surface area contributed by atoms with Crippen LogP contribution in [0.15, 0.2) is 58.1 Å². The van der Waals surface area contributed by atoms with Gasteiger partial charge >= 0.3 is 0 Å². The van der Waals surface area contributed by atoms with Gasteiger partial charge in [-0.1, -0.05) is 42.0 Å². The molecule has 1 heterocycles. The highest BCUT2D eigenvalue weighted by molar-refractivity contribution is 5.94. The Hall–Kier alpha value is -3.41. The summed E-state index contributed by atoms with van der Waals surface area (Å²) in [6.07, 6.45) is 2.89. The molecule has 1 aliphatic heterocycles. The Kier molecular flexibility index (Phi) is 6.16. The van der Waals surface area contributed by atoms with Crippen LogP contribution in [0.5, 0.6) is 0 Å². The van der Waals surface area contributed by atoms with Crippen LogP contribution in [0.3, 0.4) is 0 Å². The average Bonchev–Trinajstić information content (AvgIpc) is 3.30. The molecule has 0 aliphatic carbocycles. The van der Waals surface area contributed by atoms with Crippen LogP contribution in [0, 0.1) is 6.92 Å². The summed E-state index contributed by atoms with van der Waals surface area (Å²) in [4.78, 5) is 38.3. The molecule has 6 heteroatoms. The van der Waals surface area contributed by atoms with Crippen molar-refractivity contribution in [3.63, 3.8) is 0 Å². The first kappa shape index (κ1) is 20.8. The zero-order chi connectivity index (χ0) is 21.8. The number of hydrogen-bond acceptors (Lipinski definition) is 5. The van der Waals surface area contributed by atoms with Crippen LogP contribution in [0.4, 0.5) is 11.4 Å². The number of hydrogen-bond donors (Lipinski definition) is 2. The van der Waals surface area contributed by atoms with Crippen LogP contribution in [-0.4, -0.2) is 25.5 Å². The van der Waals surface area contributed by atoms with Crippen LogP contribution in [0.2, 0.25) is 0 Å². The Bertz CT molecular complexity index is 1140. The molecule has 0 bridgehead atoms. The van der Waals surface area contributed by atoms with Crippen LogP contribution < -0.4 is 26.4 Å².